The van der Waals surface area contributed by atoms with Crippen LogP contribution in [0.1, 0.15) is 49.0 Å². The molecule has 0 saturated carbocycles. The van der Waals surface area contributed by atoms with E-state index in [1.165, 1.54) is 13.2 Å². The number of phenolic OH excluding ortho intramolecular Hbond substituents is 1. The number of methoxy groups -OCH3 is 1. The van der Waals surface area contributed by atoms with Gasteiger partial charge in [-0.2, -0.15) is 0 Å². The zero-order valence-corrected chi connectivity index (χ0v) is 24.1. The lowest BCUT2D eigenvalue weighted by atomic mass is 9.58. The van der Waals surface area contributed by atoms with Crippen LogP contribution in [0.2, 0.25) is 0 Å². The highest BCUT2D eigenvalue weighted by atomic mass is 16.5. The molecular weight excluding hydrogens is 548 g/mol. The summed E-state index contributed by atoms with van der Waals surface area (Å²) in [7, 11) is 2.99. The highest BCUT2D eigenvalue weighted by molar-refractivity contribution is 6.25. The fourth-order valence-electron chi connectivity index (χ4n) is 6.37. The largest absolute Gasteiger partial charge is 0.510 e. The number of benzene rings is 1. The molecule has 2 amide bonds. The molecule has 0 saturated heterocycles. The van der Waals surface area contributed by atoms with Crippen LogP contribution in [-0.2, 0) is 20.8 Å². The molecule has 0 spiro atoms. The van der Waals surface area contributed by atoms with Crippen molar-refractivity contribution in [3.8, 4) is 11.5 Å². The van der Waals surface area contributed by atoms with Gasteiger partial charge < -0.3 is 41.5 Å². The number of likely N-dealkylation sites (N-methyl/N-ethyl adjacent to an activating group) is 1. The number of nitrogens with zero attached hydrogens (tertiary/aromatic N) is 1. The summed E-state index contributed by atoms with van der Waals surface area (Å²) in [6.45, 7) is 4.71. The molecule has 0 aromatic heterocycles. The van der Waals surface area contributed by atoms with Crippen molar-refractivity contribution in [2.75, 3.05) is 39.1 Å². The van der Waals surface area contributed by atoms with E-state index in [9.17, 15) is 39.6 Å². The Morgan fingerprint density at radius 1 is 1.21 bits per heavy atom. The van der Waals surface area contributed by atoms with E-state index in [1.807, 2.05) is 6.92 Å². The van der Waals surface area contributed by atoms with Gasteiger partial charge in [0.1, 0.15) is 22.8 Å². The Bertz CT molecular complexity index is 1400. The maximum Gasteiger partial charge on any atom is 0.255 e. The van der Waals surface area contributed by atoms with Crippen LogP contribution in [0.5, 0.6) is 11.5 Å². The van der Waals surface area contributed by atoms with Crippen LogP contribution in [-0.4, -0.2) is 94.1 Å². The van der Waals surface area contributed by atoms with Crippen molar-refractivity contribution in [2.24, 2.45) is 17.6 Å². The zero-order valence-electron chi connectivity index (χ0n) is 24.1. The minimum atomic E-state index is -2.74. The highest BCUT2D eigenvalue weighted by Crippen LogP contribution is 2.54. The lowest BCUT2D eigenvalue weighted by Crippen LogP contribution is -2.64. The Hall–Kier alpha value is -3.94. The van der Waals surface area contributed by atoms with E-state index >= 15 is 0 Å². The number of unbranched alkanes of at least 4 members (excludes halogenated alkanes) is 1. The molecule has 4 rings (SSSR count). The third-order valence-corrected chi connectivity index (χ3v) is 8.59. The Morgan fingerprint density at radius 3 is 2.50 bits per heavy atom. The summed E-state index contributed by atoms with van der Waals surface area (Å²) in [6.07, 6.45) is 1.85. The first-order valence-electron chi connectivity index (χ1n) is 14.0. The van der Waals surface area contributed by atoms with E-state index in [2.05, 4.69) is 10.6 Å². The summed E-state index contributed by atoms with van der Waals surface area (Å²) in [5.74, 6) is -7.72. The second kappa shape index (κ2) is 11.7. The molecule has 13 heteroatoms. The highest BCUT2D eigenvalue weighted by Gasteiger charge is 2.63. The molecule has 0 unspecified atom stereocenters. The summed E-state index contributed by atoms with van der Waals surface area (Å²) in [6, 6.07) is 0.337. The van der Waals surface area contributed by atoms with Gasteiger partial charge >= 0.3 is 0 Å². The number of aromatic hydroxyl groups is 1. The molecule has 3 aliphatic carbocycles. The van der Waals surface area contributed by atoms with Gasteiger partial charge in [0.05, 0.1) is 30.9 Å². The van der Waals surface area contributed by atoms with E-state index in [0.717, 1.165) is 12.8 Å². The number of ketones is 2. The molecule has 228 valence electrons. The summed E-state index contributed by atoms with van der Waals surface area (Å²) in [5.41, 5.74) is 1.49. The maximum atomic E-state index is 14.0. The van der Waals surface area contributed by atoms with Gasteiger partial charge in [-0.1, -0.05) is 20.3 Å². The number of carbonyl (C=O) groups is 4. The minimum absolute atomic E-state index is 0.0345. The molecule has 8 N–H and O–H groups in total. The number of carbonyl (C=O) groups excluding carboxylic acids is 4. The number of ether oxygens (including phenoxy) is 1. The number of anilines is 1. The number of aliphatic hydroxyl groups excluding tert-OH is 2. The number of aliphatic hydroxyl groups is 3. The fourth-order valence-corrected chi connectivity index (χ4v) is 6.37. The van der Waals surface area contributed by atoms with Crippen LogP contribution >= 0.6 is 0 Å². The second-order valence-electron chi connectivity index (χ2n) is 11.0. The van der Waals surface area contributed by atoms with Gasteiger partial charge in [0.2, 0.25) is 11.7 Å². The lowest BCUT2D eigenvalue weighted by Gasteiger charge is -2.50. The average Bonchev–Trinajstić information content (AvgIpc) is 2.94. The summed E-state index contributed by atoms with van der Waals surface area (Å²) in [5, 5.41) is 51.0. The van der Waals surface area contributed by atoms with Crippen molar-refractivity contribution in [3.05, 3.63) is 39.9 Å². The predicted octanol–water partition coefficient (Wildman–Crippen LogP) is 0.848. The number of rotatable bonds is 10. The third-order valence-electron chi connectivity index (χ3n) is 8.59. The van der Waals surface area contributed by atoms with Crippen LogP contribution in [0.3, 0.4) is 0 Å². The van der Waals surface area contributed by atoms with Crippen molar-refractivity contribution < 1.29 is 44.3 Å². The van der Waals surface area contributed by atoms with E-state index in [1.54, 1.807) is 18.9 Å². The number of nitrogens with one attached hydrogen (secondary N) is 2. The van der Waals surface area contributed by atoms with Crippen LogP contribution in [0.4, 0.5) is 5.69 Å². The van der Waals surface area contributed by atoms with Crippen LogP contribution in [0, 0.1) is 11.8 Å². The Kier molecular flexibility index (Phi) is 8.67. The number of phenols is 1. The van der Waals surface area contributed by atoms with E-state index in [-0.39, 0.29) is 42.0 Å². The monoisotopic (exact) mass is 586 g/mol. The Balaban J connectivity index is 1.82. The second-order valence-corrected chi connectivity index (χ2v) is 11.0. The number of hydrogen-bond acceptors (Lipinski definition) is 11. The van der Waals surface area contributed by atoms with E-state index in [4.69, 9.17) is 10.5 Å². The molecule has 4 atom stereocenters. The molecule has 1 aromatic carbocycles. The molecule has 0 fully saturated rings. The molecule has 0 heterocycles. The van der Waals surface area contributed by atoms with Gasteiger partial charge in [0.15, 0.2) is 17.1 Å². The summed E-state index contributed by atoms with van der Waals surface area (Å²) >= 11 is 0. The predicted molar refractivity (Wildman–Crippen MR) is 151 cm³/mol. The van der Waals surface area contributed by atoms with Crippen molar-refractivity contribution in [1.29, 1.82) is 0 Å². The normalized spacial score (nSPS) is 25.2. The fraction of sp³-hybridized carbons (Fsp3) is 0.517. The molecular formula is C29H38N4O9. The number of primary amides is 1. The molecule has 0 aliphatic heterocycles. The van der Waals surface area contributed by atoms with Crippen LogP contribution < -0.4 is 21.1 Å². The topological polar surface area (TPSA) is 212 Å². The molecule has 42 heavy (non-hydrogen) atoms. The van der Waals surface area contributed by atoms with Crippen molar-refractivity contribution in [3.63, 3.8) is 0 Å². The Labute approximate surface area is 243 Å². The lowest BCUT2D eigenvalue weighted by molar-refractivity contribution is -0.148. The molecule has 0 bridgehead atoms. The number of nitrogens with two attached hydrogens (primary N) is 1. The SMILES string of the molecule is CCCCNCC(=O)Nc1cc(OC)c2c(c1O)C(=O)C1=C(O)[C@]3(O)C(=O)C(C(N)=O)=C(O)[C@@H](N(C)CC)[C@@H]3C[C@@H]1C2. The van der Waals surface area contributed by atoms with Gasteiger partial charge in [0, 0.05) is 23.1 Å². The standard InChI is InChI=1S/C29H38N4O9/c1-5-7-8-31-12-18(34)32-16-11-17(42-4)14-9-13-10-15-22(33(3)6-2)25(37)21(28(30)40)27(39)29(15,41)26(38)19(13)24(36)20(14)23(16)35/h11,13,15,22,31,35,37-38,41H,5-10,12H2,1-4H3,(H2,30,40)(H,32,34)/t13-,15-,22-,29-/m0/s1. The van der Waals surface area contributed by atoms with Gasteiger partial charge in [-0.25, -0.2) is 0 Å². The van der Waals surface area contributed by atoms with Crippen molar-refractivity contribution in [1.82, 2.24) is 10.2 Å². The summed E-state index contributed by atoms with van der Waals surface area (Å²) < 4.78 is 5.52. The molecule has 1 aromatic rings. The number of hydrogen-bond donors (Lipinski definition) is 7. The van der Waals surface area contributed by atoms with Crippen molar-refractivity contribution >= 4 is 29.1 Å². The number of allylic oxidation sites excluding steroid dienone is 1. The zero-order chi connectivity index (χ0) is 31.1. The number of Topliss-reactive ketones (excluding diaryl/α,β-unsaturated/α-hetero) is 2. The molecule has 3 aliphatic rings. The van der Waals surface area contributed by atoms with Crippen molar-refractivity contribution in [2.45, 2.75) is 51.2 Å². The number of fused-ring (bicyclic) bond motifs is 3. The smallest absolute Gasteiger partial charge is 0.255 e. The van der Waals surface area contributed by atoms with Crippen LogP contribution in [0.15, 0.2) is 28.7 Å². The van der Waals surface area contributed by atoms with Gasteiger partial charge in [-0.05, 0) is 45.3 Å². The van der Waals surface area contributed by atoms with E-state index in [0.29, 0.717) is 18.7 Å². The molecule has 13 nitrogen and oxygen atoms in total. The van der Waals surface area contributed by atoms with Gasteiger partial charge in [-0.15, -0.1) is 0 Å². The minimum Gasteiger partial charge on any atom is -0.510 e. The third kappa shape index (κ3) is 4.80. The molecule has 0 radical (unpaired) electrons. The number of amides is 2. The first-order valence-corrected chi connectivity index (χ1v) is 14.0. The quantitative estimate of drug-likeness (QED) is 0.116. The maximum absolute atomic E-state index is 14.0. The van der Waals surface area contributed by atoms with Gasteiger partial charge in [-0.3, -0.25) is 24.1 Å². The first-order chi connectivity index (χ1) is 19.8. The van der Waals surface area contributed by atoms with E-state index < -0.39 is 69.7 Å². The van der Waals surface area contributed by atoms with Crippen LogP contribution in [0.25, 0.3) is 0 Å². The summed E-state index contributed by atoms with van der Waals surface area (Å²) in [4.78, 5) is 53.8. The van der Waals surface area contributed by atoms with Gasteiger partial charge in [0.25, 0.3) is 5.91 Å². The first kappa shape index (κ1) is 31.0. The Morgan fingerprint density at radius 2 is 1.90 bits per heavy atom. The average molecular weight is 587 g/mol.